The number of hydrogen-bond acceptors (Lipinski definition) is 5. The summed E-state index contributed by atoms with van der Waals surface area (Å²) in [5.41, 5.74) is 2.80. The number of para-hydroxylation sites is 1. The van der Waals surface area contributed by atoms with E-state index in [9.17, 15) is 4.79 Å². The third kappa shape index (κ3) is 4.15. The van der Waals surface area contributed by atoms with Gasteiger partial charge >= 0.3 is 6.03 Å². The molecule has 2 heterocycles. The smallest absolute Gasteiger partial charge is 0.322 e. The number of likely N-dealkylation sites (tertiary alicyclic amines) is 1. The van der Waals surface area contributed by atoms with E-state index in [0.717, 1.165) is 48.2 Å². The molecule has 0 spiro atoms. The van der Waals surface area contributed by atoms with Crippen molar-refractivity contribution in [2.24, 2.45) is 0 Å². The highest BCUT2D eigenvalue weighted by molar-refractivity contribution is 5.90. The third-order valence-corrected chi connectivity index (χ3v) is 5.48. The summed E-state index contributed by atoms with van der Waals surface area (Å²) in [4.78, 5) is 19.5. The number of benzene rings is 2. The summed E-state index contributed by atoms with van der Waals surface area (Å²) in [5, 5.41) is 7.20. The lowest BCUT2D eigenvalue weighted by Gasteiger charge is -2.33. The van der Waals surface area contributed by atoms with Gasteiger partial charge in [0.25, 0.3) is 0 Å². The number of urea groups is 1. The van der Waals surface area contributed by atoms with Gasteiger partial charge in [0, 0.05) is 17.8 Å². The lowest BCUT2D eigenvalue weighted by atomic mass is 10.0. The maximum atomic E-state index is 13.1. The van der Waals surface area contributed by atoms with Crippen molar-refractivity contribution in [3.8, 4) is 17.1 Å². The molecule has 1 fully saturated rings. The minimum absolute atomic E-state index is 0.134. The van der Waals surface area contributed by atoms with Crippen molar-refractivity contribution in [2.45, 2.75) is 38.6 Å². The van der Waals surface area contributed by atoms with Crippen LogP contribution in [0.4, 0.5) is 10.5 Å². The van der Waals surface area contributed by atoms with E-state index in [4.69, 9.17) is 9.26 Å². The molecule has 0 bridgehead atoms. The van der Waals surface area contributed by atoms with Crippen molar-refractivity contribution in [3.63, 3.8) is 0 Å². The van der Waals surface area contributed by atoms with Gasteiger partial charge in [-0.1, -0.05) is 30.3 Å². The summed E-state index contributed by atoms with van der Waals surface area (Å²) in [6.07, 6.45) is 3.63. The van der Waals surface area contributed by atoms with Crippen molar-refractivity contribution in [1.82, 2.24) is 15.0 Å². The van der Waals surface area contributed by atoms with Crippen LogP contribution in [0.2, 0.25) is 0 Å². The lowest BCUT2D eigenvalue weighted by molar-refractivity contribution is 0.142. The van der Waals surface area contributed by atoms with E-state index < -0.39 is 0 Å². The molecule has 1 aliphatic heterocycles. The Balaban J connectivity index is 1.53. The average molecular weight is 406 g/mol. The number of methoxy groups -OCH3 is 1. The number of anilines is 1. The van der Waals surface area contributed by atoms with Gasteiger partial charge in [0.1, 0.15) is 11.8 Å². The predicted molar refractivity (Wildman–Crippen MR) is 114 cm³/mol. The molecule has 4 rings (SSSR count). The van der Waals surface area contributed by atoms with Crippen LogP contribution in [0.5, 0.6) is 5.75 Å². The largest absolute Gasteiger partial charge is 0.497 e. The molecule has 1 aromatic heterocycles. The molecule has 3 aromatic rings. The first kappa shape index (κ1) is 19.9. The highest BCUT2D eigenvalue weighted by Gasteiger charge is 2.32. The normalized spacial score (nSPS) is 16.3. The van der Waals surface area contributed by atoms with Crippen LogP contribution in [0.1, 0.15) is 43.7 Å². The Bertz CT molecular complexity index is 1000. The Hall–Kier alpha value is -3.35. The van der Waals surface area contributed by atoms with Gasteiger partial charge in [0.2, 0.25) is 11.7 Å². The van der Waals surface area contributed by atoms with Crippen molar-refractivity contribution >= 4 is 11.7 Å². The van der Waals surface area contributed by atoms with E-state index in [0.29, 0.717) is 18.3 Å². The molecule has 1 unspecified atom stereocenters. The Labute approximate surface area is 176 Å². The minimum Gasteiger partial charge on any atom is -0.497 e. The molecule has 1 aliphatic rings. The second-order valence-electron chi connectivity index (χ2n) is 7.33. The number of aromatic nitrogens is 2. The number of aryl methyl sites for hydroxylation is 1. The zero-order valence-electron chi connectivity index (χ0n) is 17.3. The Morgan fingerprint density at radius 1 is 1.20 bits per heavy atom. The highest BCUT2D eigenvalue weighted by atomic mass is 16.5. The van der Waals surface area contributed by atoms with Crippen LogP contribution in [0.25, 0.3) is 11.4 Å². The van der Waals surface area contributed by atoms with Gasteiger partial charge in [-0.3, -0.25) is 0 Å². The quantitative estimate of drug-likeness (QED) is 0.640. The van der Waals surface area contributed by atoms with Crippen LogP contribution < -0.4 is 10.1 Å². The van der Waals surface area contributed by atoms with Crippen LogP contribution in [-0.4, -0.2) is 34.7 Å². The molecule has 0 aliphatic carbocycles. The van der Waals surface area contributed by atoms with Crippen LogP contribution in [0.15, 0.2) is 53.1 Å². The number of ether oxygens (including phenoxy) is 1. The number of hydrogen-bond donors (Lipinski definition) is 1. The minimum atomic E-state index is -0.230. The van der Waals surface area contributed by atoms with E-state index in [1.54, 1.807) is 12.0 Å². The van der Waals surface area contributed by atoms with Crippen LogP contribution in [0.3, 0.4) is 0 Å². The van der Waals surface area contributed by atoms with E-state index >= 15 is 0 Å². The van der Waals surface area contributed by atoms with Crippen molar-refractivity contribution < 1.29 is 14.1 Å². The molecule has 7 nitrogen and oxygen atoms in total. The Kier molecular flexibility index (Phi) is 5.97. The van der Waals surface area contributed by atoms with Gasteiger partial charge < -0.3 is 19.5 Å². The molecule has 1 atom stereocenters. The summed E-state index contributed by atoms with van der Waals surface area (Å²) < 4.78 is 10.8. The van der Waals surface area contributed by atoms with E-state index in [1.165, 1.54) is 0 Å². The van der Waals surface area contributed by atoms with Gasteiger partial charge in [0.15, 0.2) is 0 Å². The van der Waals surface area contributed by atoms with Crippen LogP contribution >= 0.6 is 0 Å². The van der Waals surface area contributed by atoms with Gasteiger partial charge in [-0.05, 0) is 61.6 Å². The number of rotatable bonds is 5. The number of amides is 2. The van der Waals surface area contributed by atoms with Crippen molar-refractivity contribution in [3.05, 3.63) is 60.0 Å². The van der Waals surface area contributed by atoms with Gasteiger partial charge in [-0.15, -0.1) is 0 Å². The maximum Gasteiger partial charge on any atom is 0.322 e. The second kappa shape index (κ2) is 8.98. The van der Waals surface area contributed by atoms with Crippen LogP contribution in [-0.2, 0) is 6.42 Å². The first-order valence-corrected chi connectivity index (χ1v) is 10.3. The summed E-state index contributed by atoms with van der Waals surface area (Å²) in [5.74, 6) is 1.75. The van der Waals surface area contributed by atoms with E-state index in [1.807, 2.05) is 48.5 Å². The fraction of sp³-hybridized carbons (Fsp3) is 0.348. The zero-order valence-corrected chi connectivity index (χ0v) is 17.3. The molecule has 0 saturated carbocycles. The monoisotopic (exact) mass is 406 g/mol. The number of carbonyl (C=O) groups is 1. The fourth-order valence-corrected chi connectivity index (χ4v) is 3.80. The van der Waals surface area contributed by atoms with E-state index in [2.05, 4.69) is 22.4 Å². The van der Waals surface area contributed by atoms with E-state index in [-0.39, 0.29) is 12.1 Å². The summed E-state index contributed by atoms with van der Waals surface area (Å²) >= 11 is 0. The Morgan fingerprint density at radius 2 is 2.00 bits per heavy atom. The van der Waals surface area contributed by atoms with Gasteiger partial charge in [-0.25, -0.2) is 4.79 Å². The molecule has 0 radical (unpaired) electrons. The molecule has 1 N–H and O–H groups in total. The molecular formula is C23H26N4O3. The van der Waals surface area contributed by atoms with Gasteiger partial charge in [-0.2, -0.15) is 4.98 Å². The Morgan fingerprint density at radius 3 is 2.77 bits per heavy atom. The lowest BCUT2D eigenvalue weighted by Crippen LogP contribution is -2.41. The predicted octanol–water partition coefficient (Wildman–Crippen LogP) is 5.07. The van der Waals surface area contributed by atoms with Crippen molar-refractivity contribution in [1.29, 1.82) is 0 Å². The average Bonchev–Trinajstić information content (AvgIpc) is 3.29. The van der Waals surface area contributed by atoms with Gasteiger partial charge in [0.05, 0.1) is 7.11 Å². The number of nitrogens with zero attached hydrogens (tertiary/aromatic N) is 3. The summed E-state index contributed by atoms with van der Waals surface area (Å²) in [6, 6.07) is 15.0. The molecule has 2 aromatic carbocycles. The molecule has 1 saturated heterocycles. The third-order valence-electron chi connectivity index (χ3n) is 5.48. The molecule has 2 amide bonds. The number of carbonyl (C=O) groups excluding carboxylic acids is 1. The zero-order chi connectivity index (χ0) is 20.9. The standard InChI is InChI=1S/C23H26N4O3/c1-3-16-8-4-5-9-19(16)24-23(28)27-15-7-6-10-20(27)22-25-21(26-30-22)17-11-13-18(29-2)14-12-17/h4-5,8-9,11-14,20H,3,6-7,10,15H2,1-2H3,(H,24,28). The van der Waals surface area contributed by atoms with Crippen LogP contribution in [0, 0.1) is 0 Å². The molecule has 156 valence electrons. The molecule has 7 heteroatoms. The van der Waals surface area contributed by atoms with Crippen molar-refractivity contribution in [2.75, 3.05) is 19.0 Å². The first-order valence-electron chi connectivity index (χ1n) is 10.3. The highest BCUT2D eigenvalue weighted by Crippen LogP contribution is 2.32. The summed E-state index contributed by atoms with van der Waals surface area (Å²) in [7, 11) is 1.63. The fourth-order valence-electron chi connectivity index (χ4n) is 3.80. The SMILES string of the molecule is CCc1ccccc1NC(=O)N1CCCCC1c1nc(-c2ccc(OC)cc2)no1. The molecular weight excluding hydrogens is 380 g/mol. The first-order chi connectivity index (χ1) is 14.7. The second-order valence-corrected chi connectivity index (χ2v) is 7.33. The summed E-state index contributed by atoms with van der Waals surface area (Å²) in [6.45, 7) is 2.73. The molecule has 30 heavy (non-hydrogen) atoms. The number of nitrogens with one attached hydrogen (secondary N) is 1. The topological polar surface area (TPSA) is 80.5 Å². The maximum absolute atomic E-state index is 13.1. The number of piperidine rings is 1.